The summed E-state index contributed by atoms with van der Waals surface area (Å²) >= 11 is 0. The van der Waals surface area contributed by atoms with Crippen LogP contribution in [0.25, 0.3) is 0 Å². The van der Waals surface area contributed by atoms with Crippen molar-refractivity contribution in [2.45, 2.75) is 0 Å². The van der Waals surface area contributed by atoms with Gasteiger partial charge >= 0.3 is 0 Å². The number of halogens is 1. The van der Waals surface area contributed by atoms with Crippen LogP contribution in [0, 0.1) is 0 Å². The third-order valence-electron chi connectivity index (χ3n) is 1.21. The molecular weight excluding hydrogens is 119 g/mol. The fourth-order valence-corrected chi connectivity index (χ4v) is 0.559. The first-order chi connectivity index (χ1) is 4.31. The molecule has 0 aromatic carbocycles. The first-order valence-corrected chi connectivity index (χ1v) is 3.20. The summed E-state index contributed by atoms with van der Waals surface area (Å²) in [5.74, 6) is 0. The first kappa shape index (κ1) is 8.85. The van der Waals surface area contributed by atoms with Gasteiger partial charge in [-0.3, -0.25) is 0 Å². The number of hydrogen-bond acceptors (Lipinski definition) is 2. The second-order valence-electron chi connectivity index (χ2n) is 2.10. The van der Waals surface area contributed by atoms with Crippen molar-refractivity contribution >= 4 is 0 Å². The Balaban J connectivity index is 2.95. The smallest absolute Gasteiger partial charge is 0.102 e. The van der Waals surface area contributed by atoms with Crippen LogP contribution in [-0.2, 0) is 0 Å². The van der Waals surface area contributed by atoms with Gasteiger partial charge in [0.2, 0.25) is 0 Å². The van der Waals surface area contributed by atoms with E-state index in [0.29, 0.717) is 6.54 Å². The predicted molar refractivity (Wildman–Crippen MR) is 37.4 cm³/mol. The van der Waals surface area contributed by atoms with Crippen LogP contribution in [0.3, 0.4) is 0 Å². The van der Waals surface area contributed by atoms with Gasteiger partial charge in [-0.15, -0.1) is 0 Å². The molecule has 0 aliphatic heterocycles. The van der Waals surface area contributed by atoms with E-state index in [4.69, 9.17) is 0 Å². The van der Waals surface area contributed by atoms with Crippen LogP contribution < -0.4 is 5.32 Å². The summed E-state index contributed by atoms with van der Waals surface area (Å²) in [4.78, 5) is 1.95. The summed E-state index contributed by atoms with van der Waals surface area (Å²) in [6.07, 6.45) is 0. The van der Waals surface area contributed by atoms with Gasteiger partial charge in [-0.2, -0.15) is 0 Å². The van der Waals surface area contributed by atoms with E-state index < -0.39 is 0 Å². The maximum absolute atomic E-state index is 11.6. The Bertz CT molecular complexity index is 59.0. The quantitative estimate of drug-likeness (QED) is 0.574. The molecule has 9 heavy (non-hydrogen) atoms. The highest BCUT2D eigenvalue weighted by molar-refractivity contribution is 4.50. The Hall–Kier alpha value is -0.150. The van der Waals surface area contributed by atoms with Crippen LogP contribution in [0.2, 0.25) is 0 Å². The topological polar surface area (TPSA) is 15.3 Å². The SMILES string of the molecule is CNCCN(C)CCF. The molecule has 3 heteroatoms. The predicted octanol–water partition coefficient (Wildman–Crippen LogP) is 0.107. The van der Waals surface area contributed by atoms with E-state index in [2.05, 4.69) is 5.32 Å². The van der Waals surface area contributed by atoms with Gasteiger partial charge in [-0.25, -0.2) is 4.39 Å². The number of nitrogens with zero attached hydrogens (tertiary/aromatic N) is 1. The molecule has 56 valence electrons. The highest BCUT2D eigenvalue weighted by Crippen LogP contribution is 1.79. The van der Waals surface area contributed by atoms with E-state index in [1.807, 2.05) is 19.0 Å². The van der Waals surface area contributed by atoms with Gasteiger partial charge < -0.3 is 10.2 Å². The molecule has 0 aliphatic carbocycles. The van der Waals surface area contributed by atoms with Crippen molar-refractivity contribution in [3.63, 3.8) is 0 Å². The fraction of sp³-hybridized carbons (Fsp3) is 1.00. The van der Waals surface area contributed by atoms with Crippen LogP contribution in [0.5, 0.6) is 0 Å². The molecule has 2 nitrogen and oxygen atoms in total. The van der Waals surface area contributed by atoms with Gasteiger partial charge in [0.1, 0.15) is 6.67 Å². The summed E-state index contributed by atoms with van der Waals surface area (Å²) in [5, 5.41) is 2.99. The van der Waals surface area contributed by atoms with E-state index in [1.165, 1.54) is 0 Å². The van der Waals surface area contributed by atoms with Gasteiger partial charge in [0.15, 0.2) is 0 Å². The van der Waals surface area contributed by atoms with Crippen molar-refractivity contribution in [1.29, 1.82) is 0 Å². The van der Waals surface area contributed by atoms with Crippen molar-refractivity contribution in [2.75, 3.05) is 40.4 Å². The summed E-state index contributed by atoms with van der Waals surface area (Å²) in [7, 11) is 3.81. The van der Waals surface area contributed by atoms with Crippen molar-refractivity contribution in [1.82, 2.24) is 10.2 Å². The summed E-state index contributed by atoms with van der Waals surface area (Å²) < 4.78 is 11.6. The molecule has 0 bridgehead atoms. The van der Waals surface area contributed by atoms with Crippen LogP contribution in [0.15, 0.2) is 0 Å². The summed E-state index contributed by atoms with van der Waals surface area (Å²) in [6, 6.07) is 0. The average molecular weight is 134 g/mol. The lowest BCUT2D eigenvalue weighted by Crippen LogP contribution is -2.28. The molecule has 0 saturated heterocycles. The average Bonchev–Trinajstić information content (AvgIpc) is 1.85. The van der Waals surface area contributed by atoms with Crippen LogP contribution in [-0.4, -0.2) is 45.3 Å². The van der Waals surface area contributed by atoms with E-state index in [0.717, 1.165) is 13.1 Å². The van der Waals surface area contributed by atoms with Gasteiger partial charge in [-0.05, 0) is 14.1 Å². The lowest BCUT2D eigenvalue weighted by molar-refractivity contribution is 0.296. The molecule has 0 rings (SSSR count). The lowest BCUT2D eigenvalue weighted by Gasteiger charge is -2.12. The van der Waals surface area contributed by atoms with Crippen LogP contribution >= 0.6 is 0 Å². The van der Waals surface area contributed by atoms with Crippen LogP contribution in [0.4, 0.5) is 4.39 Å². The zero-order valence-electron chi connectivity index (χ0n) is 6.15. The Kier molecular flexibility index (Phi) is 5.88. The largest absolute Gasteiger partial charge is 0.318 e. The standard InChI is InChI=1S/C6H15FN2/c1-8-4-6-9(2)5-3-7/h8H,3-6H2,1-2H3. The lowest BCUT2D eigenvalue weighted by atomic mass is 10.5. The third kappa shape index (κ3) is 5.73. The Morgan fingerprint density at radius 2 is 2.11 bits per heavy atom. The molecular formula is C6H15FN2. The van der Waals surface area contributed by atoms with Crippen LogP contribution in [0.1, 0.15) is 0 Å². The molecule has 0 atom stereocenters. The molecule has 0 radical (unpaired) electrons. The molecule has 0 spiro atoms. The molecule has 0 aromatic heterocycles. The van der Waals surface area contributed by atoms with Crippen molar-refractivity contribution < 1.29 is 4.39 Å². The Morgan fingerprint density at radius 3 is 2.56 bits per heavy atom. The maximum Gasteiger partial charge on any atom is 0.102 e. The van der Waals surface area contributed by atoms with Gasteiger partial charge in [0, 0.05) is 19.6 Å². The summed E-state index contributed by atoms with van der Waals surface area (Å²) in [5.41, 5.74) is 0. The minimum Gasteiger partial charge on any atom is -0.318 e. The van der Waals surface area contributed by atoms with E-state index >= 15 is 0 Å². The van der Waals surface area contributed by atoms with Gasteiger partial charge in [0.25, 0.3) is 0 Å². The number of rotatable bonds is 5. The monoisotopic (exact) mass is 134 g/mol. The van der Waals surface area contributed by atoms with E-state index in [9.17, 15) is 4.39 Å². The highest BCUT2D eigenvalue weighted by Gasteiger charge is 1.93. The van der Waals surface area contributed by atoms with Crippen molar-refractivity contribution in [3.05, 3.63) is 0 Å². The number of alkyl halides is 1. The van der Waals surface area contributed by atoms with Gasteiger partial charge in [0.05, 0.1) is 0 Å². The normalized spacial score (nSPS) is 10.7. The highest BCUT2D eigenvalue weighted by atomic mass is 19.1. The van der Waals surface area contributed by atoms with Gasteiger partial charge in [-0.1, -0.05) is 0 Å². The minimum atomic E-state index is -0.250. The maximum atomic E-state index is 11.6. The Labute approximate surface area is 56.0 Å². The molecule has 0 fully saturated rings. The molecule has 0 heterocycles. The second-order valence-corrected chi connectivity index (χ2v) is 2.10. The number of nitrogens with one attached hydrogen (secondary N) is 1. The molecule has 0 amide bonds. The number of likely N-dealkylation sites (N-methyl/N-ethyl adjacent to an activating group) is 2. The molecule has 1 N–H and O–H groups in total. The Morgan fingerprint density at radius 1 is 1.44 bits per heavy atom. The number of hydrogen-bond donors (Lipinski definition) is 1. The second kappa shape index (κ2) is 5.98. The van der Waals surface area contributed by atoms with E-state index in [1.54, 1.807) is 0 Å². The fourth-order valence-electron chi connectivity index (χ4n) is 0.559. The zero-order chi connectivity index (χ0) is 7.11. The molecule has 0 aromatic rings. The molecule has 0 aliphatic rings. The summed E-state index contributed by atoms with van der Waals surface area (Å²) in [6.45, 7) is 2.14. The third-order valence-corrected chi connectivity index (χ3v) is 1.21. The van der Waals surface area contributed by atoms with Crippen molar-refractivity contribution in [3.8, 4) is 0 Å². The zero-order valence-corrected chi connectivity index (χ0v) is 6.15. The van der Waals surface area contributed by atoms with E-state index in [-0.39, 0.29) is 6.67 Å². The first-order valence-electron chi connectivity index (χ1n) is 3.20. The van der Waals surface area contributed by atoms with Crippen molar-refractivity contribution in [2.24, 2.45) is 0 Å². The molecule has 0 unspecified atom stereocenters. The molecule has 0 saturated carbocycles. The minimum absolute atomic E-state index is 0.250.